The van der Waals surface area contributed by atoms with Crippen LogP contribution in [0.2, 0.25) is 0 Å². The number of nitrogens with two attached hydrogens (primary N) is 1. The van der Waals surface area contributed by atoms with Crippen LogP contribution >= 0.6 is 0 Å². The minimum absolute atomic E-state index is 0.190. The van der Waals surface area contributed by atoms with Gasteiger partial charge in [-0.3, -0.25) is 4.79 Å². The highest BCUT2D eigenvalue weighted by atomic mass is 16.2. The van der Waals surface area contributed by atoms with E-state index < -0.39 is 0 Å². The maximum atomic E-state index is 12.0. The standard InChI is InChI=1S/C12H22N2O/c1-12(2)5-3-4-10(12)11(15)14-9-6-8(13)7-9/h8-10H,3-7,13H2,1-2H3,(H,14,15). The van der Waals surface area contributed by atoms with E-state index in [0.29, 0.717) is 12.1 Å². The SMILES string of the molecule is CC1(C)CCCC1C(=O)NC1CC(N)C1. The molecule has 86 valence electrons. The molecule has 1 atom stereocenters. The van der Waals surface area contributed by atoms with E-state index in [9.17, 15) is 4.79 Å². The van der Waals surface area contributed by atoms with Crippen LogP contribution in [0, 0.1) is 11.3 Å². The van der Waals surface area contributed by atoms with Gasteiger partial charge in [0.25, 0.3) is 0 Å². The minimum atomic E-state index is 0.190. The monoisotopic (exact) mass is 210 g/mol. The number of rotatable bonds is 2. The molecule has 0 aliphatic heterocycles. The Labute approximate surface area is 91.8 Å². The first-order valence-electron chi connectivity index (χ1n) is 6.05. The highest BCUT2D eigenvalue weighted by Crippen LogP contribution is 2.42. The molecule has 2 aliphatic rings. The van der Waals surface area contributed by atoms with E-state index in [0.717, 1.165) is 19.3 Å². The molecule has 0 heterocycles. The average molecular weight is 210 g/mol. The lowest BCUT2D eigenvalue weighted by molar-refractivity contribution is -0.128. The van der Waals surface area contributed by atoms with Gasteiger partial charge in [0.05, 0.1) is 0 Å². The van der Waals surface area contributed by atoms with E-state index >= 15 is 0 Å². The lowest BCUT2D eigenvalue weighted by Crippen LogP contribution is -2.52. The highest BCUT2D eigenvalue weighted by molar-refractivity contribution is 5.80. The van der Waals surface area contributed by atoms with Crippen molar-refractivity contribution in [3.05, 3.63) is 0 Å². The second kappa shape index (κ2) is 3.78. The minimum Gasteiger partial charge on any atom is -0.353 e. The molecule has 0 saturated heterocycles. The molecule has 3 heteroatoms. The largest absolute Gasteiger partial charge is 0.353 e. The van der Waals surface area contributed by atoms with Gasteiger partial charge in [-0.15, -0.1) is 0 Å². The van der Waals surface area contributed by atoms with Gasteiger partial charge < -0.3 is 11.1 Å². The summed E-state index contributed by atoms with van der Waals surface area (Å²) in [6, 6.07) is 0.663. The van der Waals surface area contributed by atoms with Crippen LogP contribution in [0.4, 0.5) is 0 Å². The van der Waals surface area contributed by atoms with Crippen LogP contribution in [0.3, 0.4) is 0 Å². The molecule has 2 aliphatic carbocycles. The molecule has 1 amide bonds. The number of nitrogens with one attached hydrogen (secondary N) is 1. The molecule has 2 rings (SSSR count). The van der Waals surface area contributed by atoms with Crippen LogP contribution < -0.4 is 11.1 Å². The summed E-state index contributed by atoms with van der Waals surface area (Å²) in [5.41, 5.74) is 5.89. The van der Waals surface area contributed by atoms with Crippen molar-refractivity contribution in [1.29, 1.82) is 0 Å². The lowest BCUT2D eigenvalue weighted by atomic mass is 9.80. The van der Waals surface area contributed by atoms with Crippen LogP contribution in [0.1, 0.15) is 46.0 Å². The number of amides is 1. The molecule has 0 radical (unpaired) electrons. The van der Waals surface area contributed by atoms with Crippen molar-refractivity contribution in [2.24, 2.45) is 17.1 Å². The van der Waals surface area contributed by atoms with Gasteiger partial charge in [0, 0.05) is 18.0 Å². The molecule has 3 nitrogen and oxygen atoms in total. The van der Waals surface area contributed by atoms with Crippen molar-refractivity contribution >= 4 is 5.91 Å². The second-order valence-corrected chi connectivity index (χ2v) is 5.87. The Morgan fingerprint density at radius 1 is 1.40 bits per heavy atom. The first-order chi connectivity index (χ1) is 6.99. The zero-order valence-corrected chi connectivity index (χ0v) is 9.75. The van der Waals surface area contributed by atoms with E-state index in [2.05, 4.69) is 19.2 Å². The smallest absolute Gasteiger partial charge is 0.223 e. The molecular formula is C12H22N2O. The molecule has 0 aromatic rings. The Morgan fingerprint density at radius 3 is 2.53 bits per heavy atom. The van der Waals surface area contributed by atoms with Crippen LogP contribution in [0.5, 0.6) is 0 Å². The third-order valence-corrected chi connectivity index (χ3v) is 4.09. The third-order valence-electron chi connectivity index (χ3n) is 4.09. The molecule has 3 N–H and O–H groups in total. The predicted octanol–water partition coefficient (Wildman–Crippen LogP) is 1.42. The van der Waals surface area contributed by atoms with Gasteiger partial charge in [-0.2, -0.15) is 0 Å². The second-order valence-electron chi connectivity index (χ2n) is 5.87. The van der Waals surface area contributed by atoms with Gasteiger partial charge in [0.1, 0.15) is 0 Å². The van der Waals surface area contributed by atoms with Gasteiger partial charge >= 0.3 is 0 Å². The topological polar surface area (TPSA) is 55.1 Å². The van der Waals surface area contributed by atoms with Crippen molar-refractivity contribution in [3.63, 3.8) is 0 Å². The fourth-order valence-corrected chi connectivity index (χ4v) is 2.89. The van der Waals surface area contributed by atoms with Crippen molar-refractivity contribution in [3.8, 4) is 0 Å². The summed E-state index contributed by atoms with van der Waals surface area (Å²) in [6.07, 6.45) is 5.33. The van der Waals surface area contributed by atoms with Gasteiger partial charge in [0.15, 0.2) is 0 Å². The summed E-state index contributed by atoms with van der Waals surface area (Å²) in [7, 11) is 0. The normalized spacial score (nSPS) is 38.5. The molecule has 15 heavy (non-hydrogen) atoms. The number of hydrogen-bond donors (Lipinski definition) is 2. The summed E-state index contributed by atoms with van der Waals surface area (Å²) in [5.74, 6) is 0.476. The molecule has 0 bridgehead atoms. The fourth-order valence-electron chi connectivity index (χ4n) is 2.89. The van der Waals surface area contributed by atoms with Gasteiger partial charge in [-0.1, -0.05) is 20.3 Å². The summed E-state index contributed by atoms with van der Waals surface area (Å²) >= 11 is 0. The number of hydrogen-bond acceptors (Lipinski definition) is 2. The Hall–Kier alpha value is -0.570. The Bertz CT molecular complexity index is 256. The van der Waals surface area contributed by atoms with Crippen LogP contribution in [0.25, 0.3) is 0 Å². The van der Waals surface area contributed by atoms with Crippen LogP contribution in [-0.2, 0) is 4.79 Å². The molecule has 2 fully saturated rings. The van der Waals surface area contributed by atoms with E-state index in [-0.39, 0.29) is 17.2 Å². The quantitative estimate of drug-likeness (QED) is 0.724. The summed E-state index contributed by atoms with van der Waals surface area (Å²) in [5, 5.41) is 3.13. The van der Waals surface area contributed by atoms with E-state index in [1.54, 1.807) is 0 Å². The first kappa shape index (κ1) is 10.9. The first-order valence-corrected chi connectivity index (χ1v) is 6.05. The Kier molecular flexibility index (Phi) is 2.75. The van der Waals surface area contributed by atoms with Crippen molar-refractivity contribution < 1.29 is 4.79 Å². The molecule has 1 unspecified atom stereocenters. The van der Waals surface area contributed by atoms with E-state index in [4.69, 9.17) is 5.73 Å². The van der Waals surface area contributed by atoms with E-state index in [1.807, 2.05) is 0 Å². The maximum Gasteiger partial charge on any atom is 0.223 e. The molecule has 2 saturated carbocycles. The van der Waals surface area contributed by atoms with Gasteiger partial charge in [-0.05, 0) is 31.1 Å². The zero-order chi connectivity index (χ0) is 11.1. The fraction of sp³-hybridized carbons (Fsp3) is 0.917. The van der Waals surface area contributed by atoms with Crippen LogP contribution in [-0.4, -0.2) is 18.0 Å². The number of carbonyl (C=O) groups excluding carboxylic acids is 1. The summed E-state index contributed by atoms with van der Waals surface area (Å²) in [6.45, 7) is 4.41. The highest BCUT2D eigenvalue weighted by Gasteiger charge is 2.40. The Balaban J connectivity index is 1.85. The average Bonchev–Trinajstić information content (AvgIpc) is 2.42. The van der Waals surface area contributed by atoms with Crippen molar-refractivity contribution in [2.75, 3.05) is 0 Å². The molecule has 0 spiro atoms. The third kappa shape index (κ3) is 2.17. The van der Waals surface area contributed by atoms with Gasteiger partial charge in [0.2, 0.25) is 5.91 Å². The molecule has 0 aromatic heterocycles. The van der Waals surface area contributed by atoms with Gasteiger partial charge in [-0.25, -0.2) is 0 Å². The maximum absolute atomic E-state index is 12.0. The van der Waals surface area contributed by atoms with Crippen molar-refractivity contribution in [2.45, 2.75) is 58.0 Å². The Morgan fingerprint density at radius 2 is 2.07 bits per heavy atom. The van der Waals surface area contributed by atoms with E-state index in [1.165, 1.54) is 12.8 Å². The molecular weight excluding hydrogens is 188 g/mol. The number of carbonyl (C=O) groups is 1. The lowest BCUT2D eigenvalue weighted by Gasteiger charge is -2.35. The van der Waals surface area contributed by atoms with Crippen molar-refractivity contribution in [1.82, 2.24) is 5.32 Å². The summed E-state index contributed by atoms with van der Waals surface area (Å²) < 4.78 is 0. The summed E-state index contributed by atoms with van der Waals surface area (Å²) in [4.78, 5) is 12.0. The van der Waals surface area contributed by atoms with Crippen LogP contribution in [0.15, 0.2) is 0 Å². The predicted molar refractivity (Wildman–Crippen MR) is 60.3 cm³/mol. The molecule has 0 aromatic carbocycles. The zero-order valence-electron chi connectivity index (χ0n) is 9.75.